The topological polar surface area (TPSA) is 98.2 Å². The van der Waals surface area contributed by atoms with Crippen molar-refractivity contribution in [2.75, 3.05) is 13.2 Å². The number of aromatic amines is 1. The van der Waals surface area contributed by atoms with Gasteiger partial charge in [0.1, 0.15) is 5.65 Å². The van der Waals surface area contributed by atoms with E-state index in [0.717, 1.165) is 34.4 Å². The van der Waals surface area contributed by atoms with Crippen LogP contribution in [-0.2, 0) is 18.3 Å². The number of ether oxygens (including phenoxy) is 2. The van der Waals surface area contributed by atoms with Crippen molar-refractivity contribution in [1.82, 2.24) is 20.1 Å². The van der Waals surface area contributed by atoms with Gasteiger partial charge in [0.2, 0.25) is 5.91 Å². The molecule has 31 heavy (non-hydrogen) atoms. The molecule has 0 radical (unpaired) electrons. The number of amides is 1. The molecule has 4 rings (SSSR count). The first-order valence-electron chi connectivity index (χ1n) is 10.6. The fourth-order valence-corrected chi connectivity index (χ4v) is 4.14. The van der Waals surface area contributed by atoms with Crippen molar-refractivity contribution in [3.8, 4) is 11.5 Å². The van der Waals surface area contributed by atoms with Crippen LogP contribution in [0, 0.1) is 13.8 Å². The van der Waals surface area contributed by atoms with Gasteiger partial charge in [-0.2, -0.15) is 5.10 Å². The highest BCUT2D eigenvalue weighted by Gasteiger charge is 2.18. The molecule has 1 atom stereocenters. The average molecular weight is 425 g/mol. The van der Waals surface area contributed by atoms with Crippen LogP contribution in [0.3, 0.4) is 0 Å². The van der Waals surface area contributed by atoms with Crippen molar-refractivity contribution >= 4 is 16.9 Å². The Bertz CT molecular complexity index is 1190. The highest BCUT2D eigenvalue weighted by Crippen LogP contribution is 2.32. The number of H-pyrrole nitrogens is 1. The maximum Gasteiger partial charge on any atom is 0.253 e. The highest BCUT2D eigenvalue weighted by atomic mass is 16.5. The predicted molar refractivity (Wildman–Crippen MR) is 118 cm³/mol. The molecular weight excluding hydrogens is 396 g/mol. The van der Waals surface area contributed by atoms with Crippen molar-refractivity contribution in [2.24, 2.45) is 7.05 Å². The Balaban J connectivity index is 1.44. The van der Waals surface area contributed by atoms with Gasteiger partial charge in [0.15, 0.2) is 11.5 Å². The maximum absolute atomic E-state index is 12.6. The Hall–Kier alpha value is -3.29. The van der Waals surface area contributed by atoms with E-state index >= 15 is 0 Å². The lowest BCUT2D eigenvalue weighted by Gasteiger charge is -2.16. The van der Waals surface area contributed by atoms with Crippen LogP contribution >= 0.6 is 0 Å². The third-order valence-corrected chi connectivity index (χ3v) is 5.81. The van der Waals surface area contributed by atoms with Crippen LogP contribution in [0.15, 0.2) is 23.0 Å². The molecule has 0 saturated carbocycles. The average Bonchev–Trinajstić information content (AvgIpc) is 2.89. The monoisotopic (exact) mass is 424 g/mol. The van der Waals surface area contributed by atoms with E-state index in [0.29, 0.717) is 36.6 Å². The van der Waals surface area contributed by atoms with E-state index in [2.05, 4.69) is 15.4 Å². The molecule has 164 valence electrons. The first-order valence-corrected chi connectivity index (χ1v) is 10.6. The zero-order chi connectivity index (χ0) is 22.1. The summed E-state index contributed by atoms with van der Waals surface area (Å²) in [7, 11) is 1.80. The molecule has 2 aromatic heterocycles. The van der Waals surface area contributed by atoms with Gasteiger partial charge >= 0.3 is 0 Å². The standard InChI is InChI=1S/C23H28N4O4/c1-13-17(23(29)25-22-21(13)15(3)26-27(22)4)7-9-20(28)24-14(2)16-6-8-18-19(12-16)31-11-5-10-30-18/h6,8,12,14H,5,7,9-11H2,1-4H3,(H,24,28)(H,25,29)/t14-/m1/s1. The zero-order valence-corrected chi connectivity index (χ0v) is 18.4. The minimum Gasteiger partial charge on any atom is -0.490 e. The molecular formula is C23H28N4O4. The van der Waals surface area contributed by atoms with Gasteiger partial charge in [-0.15, -0.1) is 0 Å². The van der Waals surface area contributed by atoms with Gasteiger partial charge in [-0.1, -0.05) is 6.07 Å². The Labute approximate surface area is 180 Å². The van der Waals surface area contributed by atoms with E-state index in [4.69, 9.17) is 9.47 Å². The summed E-state index contributed by atoms with van der Waals surface area (Å²) in [5, 5.41) is 8.35. The molecule has 3 aromatic rings. The Morgan fingerprint density at radius 2 is 2.00 bits per heavy atom. The zero-order valence-electron chi connectivity index (χ0n) is 18.4. The van der Waals surface area contributed by atoms with Gasteiger partial charge in [0.25, 0.3) is 5.56 Å². The van der Waals surface area contributed by atoms with Gasteiger partial charge in [0, 0.05) is 30.8 Å². The van der Waals surface area contributed by atoms with Crippen LogP contribution in [0.1, 0.15) is 48.2 Å². The number of carbonyl (C=O) groups excluding carboxylic acids is 1. The molecule has 0 spiro atoms. The van der Waals surface area contributed by atoms with Crippen molar-refractivity contribution in [2.45, 2.75) is 46.1 Å². The number of nitrogens with zero attached hydrogens (tertiary/aromatic N) is 2. The summed E-state index contributed by atoms with van der Waals surface area (Å²) < 4.78 is 13.1. The number of carbonyl (C=O) groups is 1. The minimum absolute atomic E-state index is 0.110. The van der Waals surface area contributed by atoms with Gasteiger partial charge in [-0.25, -0.2) is 0 Å². The number of nitrogens with one attached hydrogen (secondary N) is 2. The third kappa shape index (κ3) is 4.15. The number of hydrogen-bond acceptors (Lipinski definition) is 5. The number of benzene rings is 1. The van der Waals surface area contributed by atoms with Gasteiger partial charge < -0.3 is 19.8 Å². The van der Waals surface area contributed by atoms with Crippen LogP contribution in [0.5, 0.6) is 11.5 Å². The Kier molecular flexibility index (Phi) is 5.71. The van der Waals surface area contributed by atoms with Crippen LogP contribution in [0.2, 0.25) is 0 Å². The molecule has 8 heteroatoms. The van der Waals surface area contributed by atoms with Crippen molar-refractivity contribution in [3.05, 3.63) is 50.9 Å². The van der Waals surface area contributed by atoms with E-state index in [1.807, 2.05) is 39.0 Å². The fraction of sp³-hybridized carbons (Fsp3) is 0.435. The Morgan fingerprint density at radius 1 is 1.26 bits per heavy atom. The lowest BCUT2D eigenvalue weighted by molar-refractivity contribution is -0.121. The van der Waals surface area contributed by atoms with Crippen molar-refractivity contribution in [3.63, 3.8) is 0 Å². The smallest absolute Gasteiger partial charge is 0.253 e. The second-order valence-corrected chi connectivity index (χ2v) is 8.04. The first-order chi connectivity index (χ1) is 14.8. The Morgan fingerprint density at radius 3 is 2.77 bits per heavy atom. The van der Waals surface area contributed by atoms with Crippen molar-refractivity contribution in [1.29, 1.82) is 0 Å². The molecule has 0 bridgehead atoms. The number of aromatic nitrogens is 3. The first kappa shape index (κ1) is 21.0. The SMILES string of the molecule is Cc1nn(C)c2[nH]c(=O)c(CCC(=O)N[C@H](C)c3ccc4c(c3)OCCCO4)c(C)c12. The van der Waals surface area contributed by atoms with Crippen LogP contribution in [-0.4, -0.2) is 33.9 Å². The second-order valence-electron chi connectivity index (χ2n) is 8.04. The molecule has 1 aromatic carbocycles. The van der Waals surface area contributed by atoms with Crippen LogP contribution in [0.4, 0.5) is 0 Å². The number of fused-ring (bicyclic) bond motifs is 2. The summed E-state index contributed by atoms with van der Waals surface area (Å²) >= 11 is 0. The number of rotatable bonds is 5. The van der Waals surface area contributed by atoms with Crippen LogP contribution < -0.4 is 20.3 Å². The largest absolute Gasteiger partial charge is 0.490 e. The second kappa shape index (κ2) is 8.45. The summed E-state index contributed by atoms with van der Waals surface area (Å²) in [4.78, 5) is 28.1. The quantitative estimate of drug-likeness (QED) is 0.656. The molecule has 0 aliphatic carbocycles. The third-order valence-electron chi connectivity index (χ3n) is 5.81. The number of hydrogen-bond donors (Lipinski definition) is 2. The van der Waals surface area contributed by atoms with Gasteiger partial charge in [-0.05, 0) is 50.5 Å². The molecule has 8 nitrogen and oxygen atoms in total. The van der Waals surface area contributed by atoms with Gasteiger partial charge in [-0.3, -0.25) is 14.3 Å². The van der Waals surface area contributed by atoms with E-state index in [1.54, 1.807) is 11.7 Å². The predicted octanol–water partition coefficient (Wildman–Crippen LogP) is 2.85. The lowest BCUT2D eigenvalue weighted by Crippen LogP contribution is -2.28. The summed E-state index contributed by atoms with van der Waals surface area (Å²) in [6, 6.07) is 5.55. The molecule has 3 heterocycles. The summed E-state index contributed by atoms with van der Waals surface area (Å²) in [6.45, 7) is 7.02. The van der Waals surface area contributed by atoms with E-state index in [1.165, 1.54) is 0 Å². The number of pyridine rings is 1. The normalized spacial score (nSPS) is 14.3. The fourth-order valence-electron chi connectivity index (χ4n) is 4.14. The molecule has 1 amide bonds. The maximum atomic E-state index is 12.6. The molecule has 0 fully saturated rings. The van der Waals surface area contributed by atoms with E-state index < -0.39 is 0 Å². The van der Waals surface area contributed by atoms with Crippen molar-refractivity contribution < 1.29 is 14.3 Å². The van der Waals surface area contributed by atoms with Crippen LogP contribution in [0.25, 0.3) is 11.0 Å². The number of aryl methyl sites for hydroxylation is 3. The van der Waals surface area contributed by atoms with E-state index in [9.17, 15) is 9.59 Å². The summed E-state index contributed by atoms with van der Waals surface area (Å²) in [6.07, 6.45) is 1.44. The summed E-state index contributed by atoms with van der Waals surface area (Å²) in [5.74, 6) is 1.33. The van der Waals surface area contributed by atoms with Gasteiger partial charge in [0.05, 0.1) is 24.9 Å². The highest BCUT2D eigenvalue weighted by molar-refractivity contribution is 5.83. The molecule has 1 aliphatic heterocycles. The minimum atomic E-state index is -0.188. The lowest BCUT2D eigenvalue weighted by atomic mass is 10.0. The molecule has 0 saturated heterocycles. The molecule has 0 unspecified atom stereocenters. The molecule has 1 aliphatic rings. The summed E-state index contributed by atoms with van der Waals surface area (Å²) in [5.41, 5.74) is 3.85. The molecule has 2 N–H and O–H groups in total. The van der Waals surface area contributed by atoms with E-state index in [-0.39, 0.29) is 23.9 Å².